The van der Waals surface area contributed by atoms with E-state index in [1.807, 2.05) is 24.4 Å². The molecule has 164 valence electrons. The third-order valence-corrected chi connectivity index (χ3v) is 7.29. The predicted octanol–water partition coefficient (Wildman–Crippen LogP) is 3.43. The molecule has 4 saturated heterocycles. The lowest BCUT2D eigenvalue weighted by Crippen LogP contribution is -2.45. The van der Waals surface area contributed by atoms with Crippen molar-refractivity contribution in [1.29, 1.82) is 0 Å². The van der Waals surface area contributed by atoms with Gasteiger partial charge in [0, 0.05) is 37.9 Å². The molecule has 6 heterocycles. The highest BCUT2D eigenvalue weighted by Gasteiger charge is 2.37. The summed E-state index contributed by atoms with van der Waals surface area (Å²) in [5.41, 5.74) is 3.00. The lowest BCUT2D eigenvalue weighted by Gasteiger charge is -2.35. The maximum absolute atomic E-state index is 6.09. The minimum Gasteiger partial charge on any atom is -0.371 e. The molecule has 3 aromatic rings. The van der Waals surface area contributed by atoms with Gasteiger partial charge in [-0.05, 0) is 31.7 Å². The number of benzene rings is 1. The summed E-state index contributed by atoms with van der Waals surface area (Å²) in [5, 5.41) is 1.02. The first-order valence-corrected chi connectivity index (χ1v) is 11.8. The second kappa shape index (κ2) is 7.39. The van der Waals surface area contributed by atoms with Crippen LogP contribution in [0.3, 0.4) is 0 Å². The fourth-order valence-electron chi connectivity index (χ4n) is 5.71. The van der Waals surface area contributed by atoms with E-state index in [0.29, 0.717) is 24.4 Å². The van der Waals surface area contributed by atoms with Crippen molar-refractivity contribution in [3.63, 3.8) is 0 Å². The van der Waals surface area contributed by atoms with Crippen LogP contribution in [-0.4, -0.2) is 65.5 Å². The summed E-state index contributed by atoms with van der Waals surface area (Å²) in [6.45, 7) is 3.51. The summed E-state index contributed by atoms with van der Waals surface area (Å²) in [7, 11) is 0. The van der Waals surface area contributed by atoms with Crippen molar-refractivity contribution in [3.05, 3.63) is 42.6 Å². The molecule has 0 aliphatic carbocycles. The maximum Gasteiger partial charge on any atom is 0.228 e. The monoisotopic (exact) mass is 429 g/mol. The van der Waals surface area contributed by atoms with Crippen LogP contribution in [0.5, 0.6) is 0 Å². The molecule has 4 aliphatic heterocycles. The smallest absolute Gasteiger partial charge is 0.228 e. The number of ether oxygens (including phenoxy) is 2. The Bertz CT molecular complexity index is 1130. The van der Waals surface area contributed by atoms with E-state index < -0.39 is 0 Å². The average molecular weight is 430 g/mol. The van der Waals surface area contributed by atoms with Crippen molar-refractivity contribution in [2.75, 3.05) is 36.0 Å². The van der Waals surface area contributed by atoms with E-state index in [-0.39, 0.29) is 0 Å². The normalized spacial score (nSPS) is 29.1. The fraction of sp³-hybridized carbons (Fsp3) is 0.480. The van der Waals surface area contributed by atoms with Gasteiger partial charge in [-0.2, -0.15) is 4.98 Å². The first-order chi connectivity index (χ1) is 15.8. The zero-order valence-electron chi connectivity index (χ0n) is 18.1. The molecule has 4 unspecified atom stereocenters. The van der Waals surface area contributed by atoms with Crippen molar-refractivity contribution >= 4 is 22.7 Å². The van der Waals surface area contributed by atoms with Crippen LogP contribution < -0.4 is 9.80 Å². The molecule has 4 aliphatic rings. The average Bonchev–Trinajstić information content (AvgIpc) is 3.37. The van der Waals surface area contributed by atoms with Crippen LogP contribution in [0.4, 0.5) is 11.8 Å². The van der Waals surface area contributed by atoms with Crippen LogP contribution >= 0.6 is 0 Å². The lowest BCUT2D eigenvalue weighted by molar-refractivity contribution is 0.0296. The highest BCUT2D eigenvalue weighted by molar-refractivity contribution is 5.92. The summed E-state index contributed by atoms with van der Waals surface area (Å²) in [6, 6.07) is 12.4. The molecule has 4 bridgehead atoms. The number of fused-ring (bicyclic) bond motifs is 5. The van der Waals surface area contributed by atoms with E-state index in [2.05, 4.69) is 28.0 Å². The van der Waals surface area contributed by atoms with Crippen LogP contribution in [0.15, 0.2) is 42.6 Å². The van der Waals surface area contributed by atoms with E-state index in [1.165, 1.54) is 0 Å². The van der Waals surface area contributed by atoms with Crippen LogP contribution in [0.1, 0.15) is 25.7 Å². The van der Waals surface area contributed by atoms with E-state index >= 15 is 0 Å². The van der Waals surface area contributed by atoms with Gasteiger partial charge in [-0.15, -0.1) is 0 Å². The van der Waals surface area contributed by atoms with Crippen LogP contribution in [0, 0.1) is 0 Å². The Morgan fingerprint density at radius 1 is 0.750 bits per heavy atom. The van der Waals surface area contributed by atoms with Gasteiger partial charge < -0.3 is 19.3 Å². The van der Waals surface area contributed by atoms with Gasteiger partial charge >= 0.3 is 0 Å². The van der Waals surface area contributed by atoms with E-state index in [0.717, 1.165) is 85.8 Å². The van der Waals surface area contributed by atoms with Crippen molar-refractivity contribution < 1.29 is 9.47 Å². The Morgan fingerprint density at radius 2 is 1.38 bits per heavy atom. The number of hydrogen-bond donors (Lipinski definition) is 0. The molecule has 0 amide bonds. The Labute approximate surface area is 187 Å². The fourth-order valence-corrected chi connectivity index (χ4v) is 5.71. The molecule has 0 spiro atoms. The minimum atomic E-state index is 0.299. The summed E-state index contributed by atoms with van der Waals surface area (Å²) in [5.74, 6) is 1.81. The molecule has 0 radical (unpaired) electrons. The van der Waals surface area contributed by atoms with Crippen molar-refractivity contribution in [1.82, 2.24) is 15.0 Å². The number of rotatable bonds is 3. The summed E-state index contributed by atoms with van der Waals surface area (Å²) < 4.78 is 12.2. The molecular formula is C25H27N5O2. The van der Waals surface area contributed by atoms with Crippen molar-refractivity contribution in [3.8, 4) is 11.3 Å². The highest BCUT2D eigenvalue weighted by atomic mass is 16.5. The van der Waals surface area contributed by atoms with Gasteiger partial charge in [-0.1, -0.05) is 30.3 Å². The van der Waals surface area contributed by atoms with Crippen LogP contribution in [0.25, 0.3) is 22.2 Å². The molecular weight excluding hydrogens is 402 g/mol. The standard InChI is InChI=1S/C25H27N5O2/c1-2-4-16(5-3-1)22-10-23-21(11-26-22)24(29-12-17-6-7-18(13-29)31-17)28-25(27-23)30-14-19-8-9-20(15-30)32-19/h1-5,10-11,17-20H,6-9,12-15H2. The molecule has 7 heteroatoms. The van der Waals surface area contributed by atoms with E-state index in [9.17, 15) is 0 Å². The van der Waals surface area contributed by atoms with Gasteiger partial charge in [0.25, 0.3) is 0 Å². The summed E-state index contributed by atoms with van der Waals surface area (Å²) in [6.07, 6.45) is 7.71. The van der Waals surface area contributed by atoms with Crippen LogP contribution in [0.2, 0.25) is 0 Å². The number of nitrogens with zero attached hydrogens (tertiary/aromatic N) is 5. The Hall–Kier alpha value is -2.77. The SMILES string of the molecule is c1ccc(-c2cc3nc(N4CC5CCC(C4)O5)nc(N4CC5CCC(C4)O5)c3cn2)cc1. The molecule has 2 aromatic heterocycles. The Balaban J connectivity index is 1.34. The van der Waals surface area contributed by atoms with Gasteiger partial charge in [-0.3, -0.25) is 4.98 Å². The lowest BCUT2D eigenvalue weighted by atomic mass is 10.1. The molecule has 7 rings (SSSR count). The zero-order valence-corrected chi connectivity index (χ0v) is 18.1. The van der Waals surface area contributed by atoms with E-state index in [4.69, 9.17) is 24.4 Å². The number of aromatic nitrogens is 3. The highest BCUT2D eigenvalue weighted by Crippen LogP contribution is 2.35. The van der Waals surface area contributed by atoms with Gasteiger partial charge in [0.05, 0.1) is 41.0 Å². The van der Waals surface area contributed by atoms with Gasteiger partial charge in [0.15, 0.2) is 0 Å². The zero-order chi connectivity index (χ0) is 21.1. The largest absolute Gasteiger partial charge is 0.371 e. The third kappa shape index (κ3) is 3.22. The van der Waals surface area contributed by atoms with Crippen molar-refractivity contribution in [2.45, 2.75) is 50.1 Å². The topological polar surface area (TPSA) is 63.6 Å². The second-order valence-electron chi connectivity index (χ2n) is 9.52. The molecule has 4 fully saturated rings. The molecule has 0 saturated carbocycles. The van der Waals surface area contributed by atoms with Crippen molar-refractivity contribution in [2.24, 2.45) is 0 Å². The van der Waals surface area contributed by atoms with Crippen LogP contribution in [-0.2, 0) is 9.47 Å². The number of hydrogen-bond acceptors (Lipinski definition) is 7. The first kappa shape index (κ1) is 18.8. The molecule has 1 aromatic carbocycles. The van der Waals surface area contributed by atoms with Gasteiger partial charge in [-0.25, -0.2) is 4.98 Å². The quantitative estimate of drug-likeness (QED) is 0.632. The molecule has 32 heavy (non-hydrogen) atoms. The predicted molar refractivity (Wildman–Crippen MR) is 123 cm³/mol. The Morgan fingerprint density at radius 3 is 2.03 bits per heavy atom. The number of pyridine rings is 1. The van der Waals surface area contributed by atoms with Gasteiger partial charge in [0.1, 0.15) is 5.82 Å². The first-order valence-electron chi connectivity index (χ1n) is 11.8. The van der Waals surface area contributed by atoms with Gasteiger partial charge in [0.2, 0.25) is 5.95 Å². The third-order valence-electron chi connectivity index (χ3n) is 7.29. The summed E-state index contributed by atoms with van der Waals surface area (Å²) in [4.78, 5) is 19.7. The maximum atomic E-state index is 6.09. The molecule has 4 atom stereocenters. The number of anilines is 2. The second-order valence-corrected chi connectivity index (χ2v) is 9.52. The Kier molecular flexibility index (Phi) is 4.33. The van der Waals surface area contributed by atoms with E-state index in [1.54, 1.807) is 0 Å². The summed E-state index contributed by atoms with van der Waals surface area (Å²) >= 11 is 0. The minimum absolute atomic E-state index is 0.299. The number of morpholine rings is 2. The molecule has 0 N–H and O–H groups in total. The molecule has 7 nitrogen and oxygen atoms in total.